The van der Waals surface area contributed by atoms with Crippen molar-refractivity contribution < 1.29 is 34.5 Å². The molecule has 0 spiro atoms. The number of carbonyl (C=O) groups is 4. The number of hydrogen-bond donors (Lipinski definition) is 6. The van der Waals surface area contributed by atoms with Crippen molar-refractivity contribution in [1.29, 1.82) is 0 Å². The molecule has 0 saturated heterocycles. The first-order chi connectivity index (χ1) is 16.8. The number of carbonyl (C=O) groups excluding carboxylic acids is 1. The summed E-state index contributed by atoms with van der Waals surface area (Å²) >= 11 is 0. The van der Waals surface area contributed by atoms with Crippen LogP contribution < -0.4 is 16.0 Å². The number of aliphatic carboxylic acids is 3. The van der Waals surface area contributed by atoms with E-state index in [1.165, 1.54) is 0 Å². The third-order valence-corrected chi connectivity index (χ3v) is 5.09. The molecular weight excluding hydrogens is 458 g/mol. The van der Waals surface area contributed by atoms with Gasteiger partial charge in [-0.15, -0.1) is 0 Å². The number of urea groups is 1. The highest BCUT2D eigenvalue weighted by Crippen LogP contribution is 2.18. The van der Waals surface area contributed by atoms with Crippen LogP contribution in [0.1, 0.15) is 49.5 Å². The van der Waals surface area contributed by atoms with Crippen molar-refractivity contribution in [2.75, 3.05) is 6.54 Å². The van der Waals surface area contributed by atoms with E-state index in [1.807, 2.05) is 36.4 Å². The van der Waals surface area contributed by atoms with Gasteiger partial charge in [0.1, 0.15) is 12.1 Å². The smallest absolute Gasteiger partial charge is 0.326 e. The Hall–Kier alpha value is -4.06. The molecule has 0 fully saturated rings. The number of pyridine rings is 2. The van der Waals surface area contributed by atoms with E-state index in [2.05, 4.69) is 25.9 Å². The summed E-state index contributed by atoms with van der Waals surface area (Å²) in [6, 6.07) is 7.26. The number of rotatable bonds is 15. The van der Waals surface area contributed by atoms with Crippen molar-refractivity contribution in [3.8, 4) is 0 Å². The van der Waals surface area contributed by atoms with Crippen molar-refractivity contribution in [2.24, 2.45) is 0 Å². The van der Waals surface area contributed by atoms with Crippen LogP contribution >= 0.6 is 0 Å². The summed E-state index contributed by atoms with van der Waals surface area (Å²) in [4.78, 5) is 54.3. The van der Waals surface area contributed by atoms with Gasteiger partial charge < -0.3 is 31.3 Å². The first-order valence-corrected chi connectivity index (χ1v) is 11.1. The number of aromatic nitrogens is 2. The zero-order valence-electron chi connectivity index (χ0n) is 19.0. The van der Waals surface area contributed by atoms with Crippen LogP contribution in [0.25, 0.3) is 0 Å². The lowest BCUT2D eigenvalue weighted by Gasteiger charge is -2.19. The fourth-order valence-electron chi connectivity index (χ4n) is 3.31. The fourth-order valence-corrected chi connectivity index (χ4v) is 3.31. The number of nitrogens with zero attached hydrogens (tertiary/aromatic N) is 2. The Kier molecular flexibility index (Phi) is 11.1. The zero-order valence-corrected chi connectivity index (χ0v) is 19.0. The zero-order chi connectivity index (χ0) is 25.6. The van der Waals surface area contributed by atoms with E-state index in [4.69, 9.17) is 10.2 Å². The molecular formula is C23H29N5O7. The van der Waals surface area contributed by atoms with Crippen molar-refractivity contribution >= 4 is 23.9 Å². The molecule has 35 heavy (non-hydrogen) atoms. The lowest BCUT2D eigenvalue weighted by atomic mass is 10.1. The molecule has 0 saturated carbocycles. The first kappa shape index (κ1) is 27.2. The highest BCUT2D eigenvalue weighted by Gasteiger charge is 2.25. The van der Waals surface area contributed by atoms with Crippen LogP contribution in [-0.2, 0) is 14.4 Å². The van der Waals surface area contributed by atoms with Gasteiger partial charge in [0.15, 0.2) is 0 Å². The molecule has 0 aliphatic heterocycles. The molecule has 0 radical (unpaired) electrons. The normalized spacial score (nSPS) is 12.5. The van der Waals surface area contributed by atoms with Crippen LogP contribution in [-0.4, -0.2) is 67.9 Å². The number of unbranched alkanes of at least 4 members (excludes halogenated alkanes) is 1. The summed E-state index contributed by atoms with van der Waals surface area (Å²) in [5.41, 5.74) is 1.59. The standard InChI is InChI=1S/C23H29N5O7/c29-19(30)11-10-18(22(33)34)28-23(35)27-17(21(31)32)9-3-6-14-26-20(15-7-1-4-12-24-15)16-8-2-5-13-25-16/h1-2,4-5,7-8,12-13,17-18,20,26H,3,6,9-11,14H2,(H,29,30)(H,31,32)(H,33,34)(H2,27,28,35). The molecule has 12 nitrogen and oxygen atoms in total. The van der Waals surface area contributed by atoms with E-state index in [-0.39, 0.29) is 18.9 Å². The Balaban J connectivity index is 1.84. The predicted molar refractivity (Wildman–Crippen MR) is 124 cm³/mol. The predicted octanol–water partition coefficient (Wildman–Crippen LogP) is 1.40. The third-order valence-electron chi connectivity index (χ3n) is 5.09. The van der Waals surface area contributed by atoms with Gasteiger partial charge in [-0.3, -0.25) is 14.8 Å². The number of carboxylic acid groups (broad SMARTS) is 3. The summed E-state index contributed by atoms with van der Waals surface area (Å²) in [5, 5.41) is 34.9. The second-order valence-corrected chi connectivity index (χ2v) is 7.72. The van der Waals surface area contributed by atoms with Crippen LogP contribution in [0.15, 0.2) is 48.8 Å². The topological polar surface area (TPSA) is 191 Å². The molecule has 12 heteroatoms. The number of amides is 2. The molecule has 0 aromatic carbocycles. The Bertz CT molecular complexity index is 935. The molecule has 6 N–H and O–H groups in total. The van der Waals surface area contributed by atoms with E-state index in [0.29, 0.717) is 19.4 Å². The molecule has 2 heterocycles. The van der Waals surface area contributed by atoms with E-state index < -0.39 is 42.4 Å². The van der Waals surface area contributed by atoms with Crippen molar-refractivity contribution in [2.45, 2.75) is 50.2 Å². The maximum Gasteiger partial charge on any atom is 0.326 e. The van der Waals surface area contributed by atoms with Gasteiger partial charge in [-0.1, -0.05) is 12.1 Å². The Morgan fingerprint density at radius 2 is 1.31 bits per heavy atom. The molecule has 0 aliphatic rings. The lowest BCUT2D eigenvalue weighted by Crippen LogP contribution is -2.51. The summed E-state index contributed by atoms with van der Waals surface area (Å²) in [6.45, 7) is 0.534. The van der Waals surface area contributed by atoms with Crippen molar-refractivity contribution in [3.63, 3.8) is 0 Å². The van der Waals surface area contributed by atoms with Gasteiger partial charge in [-0.2, -0.15) is 0 Å². The molecule has 2 atom stereocenters. The number of hydrogen-bond acceptors (Lipinski definition) is 7. The highest BCUT2D eigenvalue weighted by molar-refractivity contribution is 5.86. The third kappa shape index (κ3) is 9.76. The largest absolute Gasteiger partial charge is 0.481 e. The Labute approximate surface area is 201 Å². The van der Waals surface area contributed by atoms with E-state index >= 15 is 0 Å². The Morgan fingerprint density at radius 3 is 1.77 bits per heavy atom. The maximum atomic E-state index is 12.1. The molecule has 2 rings (SSSR count). The van der Waals surface area contributed by atoms with E-state index in [1.54, 1.807) is 12.4 Å². The molecule has 2 aromatic heterocycles. The van der Waals surface area contributed by atoms with Crippen LogP contribution in [0.4, 0.5) is 4.79 Å². The summed E-state index contributed by atoms with van der Waals surface area (Å²) < 4.78 is 0. The highest BCUT2D eigenvalue weighted by atomic mass is 16.4. The van der Waals surface area contributed by atoms with Gasteiger partial charge in [-0.05, 0) is 56.5 Å². The molecule has 188 valence electrons. The van der Waals surface area contributed by atoms with Crippen LogP contribution in [0, 0.1) is 0 Å². The van der Waals surface area contributed by atoms with Gasteiger partial charge in [0, 0.05) is 18.8 Å². The maximum absolute atomic E-state index is 12.1. The molecule has 0 aliphatic carbocycles. The fraction of sp³-hybridized carbons (Fsp3) is 0.391. The van der Waals surface area contributed by atoms with Gasteiger partial charge in [0.25, 0.3) is 0 Å². The molecule has 2 unspecified atom stereocenters. The second-order valence-electron chi connectivity index (χ2n) is 7.72. The summed E-state index contributed by atoms with van der Waals surface area (Å²) in [5.74, 6) is -3.87. The quantitative estimate of drug-likeness (QED) is 0.200. The monoisotopic (exact) mass is 487 g/mol. The van der Waals surface area contributed by atoms with Gasteiger partial charge >= 0.3 is 23.9 Å². The van der Waals surface area contributed by atoms with Crippen LogP contribution in [0.3, 0.4) is 0 Å². The van der Waals surface area contributed by atoms with E-state index in [0.717, 1.165) is 11.4 Å². The number of nitrogens with one attached hydrogen (secondary N) is 3. The average molecular weight is 488 g/mol. The molecule has 2 aromatic rings. The molecule has 0 bridgehead atoms. The number of carboxylic acids is 3. The van der Waals surface area contributed by atoms with Crippen LogP contribution in [0.5, 0.6) is 0 Å². The van der Waals surface area contributed by atoms with Gasteiger partial charge in [0.05, 0.1) is 17.4 Å². The first-order valence-electron chi connectivity index (χ1n) is 11.1. The van der Waals surface area contributed by atoms with Crippen LogP contribution in [0.2, 0.25) is 0 Å². The summed E-state index contributed by atoms with van der Waals surface area (Å²) in [7, 11) is 0. The Morgan fingerprint density at radius 1 is 0.771 bits per heavy atom. The minimum atomic E-state index is -1.44. The van der Waals surface area contributed by atoms with Crippen molar-refractivity contribution in [3.05, 3.63) is 60.2 Å². The van der Waals surface area contributed by atoms with Crippen molar-refractivity contribution in [1.82, 2.24) is 25.9 Å². The van der Waals surface area contributed by atoms with E-state index in [9.17, 15) is 24.3 Å². The molecule has 2 amide bonds. The minimum absolute atomic E-state index is 0.120. The lowest BCUT2D eigenvalue weighted by molar-refractivity contribution is -0.140. The average Bonchev–Trinajstić information content (AvgIpc) is 2.83. The van der Waals surface area contributed by atoms with Gasteiger partial charge in [0.2, 0.25) is 0 Å². The van der Waals surface area contributed by atoms with Gasteiger partial charge in [-0.25, -0.2) is 14.4 Å². The summed E-state index contributed by atoms with van der Waals surface area (Å²) in [6.07, 6.45) is 3.78. The SMILES string of the molecule is O=C(O)CCC(NC(=O)NC(CCCCNC(c1ccccn1)c1ccccn1)C(=O)O)C(=O)O. The second kappa shape index (κ2) is 14.3. The minimum Gasteiger partial charge on any atom is -0.481 e.